The van der Waals surface area contributed by atoms with E-state index < -0.39 is 11.9 Å². The molecular formula is C15H15BrN2O4. The fourth-order valence-corrected chi connectivity index (χ4v) is 2.15. The van der Waals surface area contributed by atoms with Gasteiger partial charge < -0.3 is 20.1 Å². The number of H-pyrrole nitrogens is 1. The predicted molar refractivity (Wildman–Crippen MR) is 84.5 cm³/mol. The van der Waals surface area contributed by atoms with E-state index in [1.54, 1.807) is 0 Å². The Morgan fingerprint density at radius 1 is 1.32 bits per heavy atom. The fraction of sp³-hybridized carbons (Fsp3) is 0.200. The van der Waals surface area contributed by atoms with Gasteiger partial charge in [-0.2, -0.15) is 0 Å². The summed E-state index contributed by atoms with van der Waals surface area (Å²) in [5.74, 6) is -1.34. The lowest BCUT2D eigenvalue weighted by molar-refractivity contribution is 0.0691. The predicted octanol–water partition coefficient (Wildman–Crippen LogP) is 2.46. The molecule has 22 heavy (non-hydrogen) atoms. The number of benzene rings is 1. The Labute approximate surface area is 135 Å². The number of carboxylic acids is 1. The van der Waals surface area contributed by atoms with Crippen molar-refractivity contribution in [2.45, 2.75) is 6.42 Å². The third-order valence-electron chi connectivity index (χ3n) is 3.03. The van der Waals surface area contributed by atoms with Crippen LogP contribution in [-0.4, -0.2) is 35.6 Å². The molecule has 0 aliphatic heterocycles. The molecule has 0 fully saturated rings. The number of carboxylic acid groups (broad SMARTS) is 1. The summed E-state index contributed by atoms with van der Waals surface area (Å²) in [5, 5.41) is 11.4. The van der Waals surface area contributed by atoms with Gasteiger partial charge in [0.2, 0.25) is 0 Å². The fourth-order valence-electron chi connectivity index (χ4n) is 1.89. The van der Waals surface area contributed by atoms with E-state index in [1.807, 2.05) is 24.3 Å². The van der Waals surface area contributed by atoms with Crippen LogP contribution in [0.4, 0.5) is 0 Å². The van der Waals surface area contributed by atoms with Crippen LogP contribution in [-0.2, 0) is 6.42 Å². The second kappa shape index (κ2) is 7.13. The number of aromatic nitrogens is 1. The number of carbonyl (C=O) groups excluding carboxylic acids is 1. The van der Waals surface area contributed by atoms with Crippen LogP contribution in [0.15, 0.2) is 34.8 Å². The Hall–Kier alpha value is -2.28. The molecule has 0 unspecified atom stereocenters. The summed E-state index contributed by atoms with van der Waals surface area (Å²) in [5.41, 5.74) is 1.10. The van der Waals surface area contributed by atoms with E-state index in [2.05, 4.69) is 26.2 Å². The average molecular weight is 367 g/mol. The lowest BCUT2D eigenvalue weighted by atomic mass is 10.2. The molecule has 1 amide bonds. The summed E-state index contributed by atoms with van der Waals surface area (Å²) in [7, 11) is 1.47. The SMILES string of the molecule is CNC(=O)c1[nH]c(C(=O)O)cc1OCCc1ccc(Br)cc1. The van der Waals surface area contributed by atoms with Gasteiger partial charge in [-0.3, -0.25) is 4.79 Å². The molecule has 1 aromatic carbocycles. The Bertz CT molecular complexity index is 679. The molecule has 0 aliphatic carbocycles. The first-order valence-electron chi connectivity index (χ1n) is 6.57. The second-order valence-corrected chi connectivity index (χ2v) is 5.45. The van der Waals surface area contributed by atoms with Gasteiger partial charge in [-0.25, -0.2) is 4.79 Å². The maximum atomic E-state index is 11.7. The number of rotatable bonds is 6. The molecule has 0 atom stereocenters. The molecule has 1 aromatic heterocycles. The molecule has 2 aromatic rings. The first-order valence-corrected chi connectivity index (χ1v) is 7.36. The Morgan fingerprint density at radius 2 is 2.00 bits per heavy atom. The molecule has 6 nitrogen and oxygen atoms in total. The van der Waals surface area contributed by atoms with Crippen molar-refractivity contribution in [2.75, 3.05) is 13.7 Å². The van der Waals surface area contributed by atoms with Gasteiger partial charge in [-0.15, -0.1) is 0 Å². The minimum atomic E-state index is -1.15. The normalized spacial score (nSPS) is 10.3. The van der Waals surface area contributed by atoms with E-state index in [1.165, 1.54) is 13.1 Å². The van der Waals surface area contributed by atoms with E-state index in [9.17, 15) is 9.59 Å². The van der Waals surface area contributed by atoms with Crippen molar-refractivity contribution in [3.63, 3.8) is 0 Å². The highest BCUT2D eigenvalue weighted by Crippen LogP contribution is 2.21. The first kappa shape index (κ1) is 16.1. The summed E-state index contributed by atoms with van der Waals surface area (Å²) in [4.78, 5) is 25.2. The summed E-state index contributed by atoms with van der Waals surface area (Å²) in [6, 6.07) is 9.11. The quantitative estimate of drug-likeness (QED) is 0.732. The highest BCUT2D eigenvalue weighted by Gasteiger charge is 2.18. The largest absolute Gasteiger partial charge is 0.491 e. The Morgan fingerprint density at radius 3 is 2.59 bits per heavy atom. The van der Waals surface area contributed by atoms with Crippen molar-refractivity contribution in [3.8, 4) is 5.75 Å². The van der Waals surface area contributed by atoms with Gasteiger partial charge in [0, 0.05) is 24.0 Å². The van der Waals surface area contributed by atoms with E-state index in [0.29, 0.717) is 13.0 Å². The zero-order valence-electron chi connectivity index (χ0n) is 11.9. The van der Waals surface area contributed by atoms with Gasteiger partial charge in [-0.1, -0.05) is 28.1 Å². The van der Waals surface area contributed by atoms with E-state index >= 15 is 0 Å². The summed E-state index contributed by atoms with van der Waals surface area (Å²) in [6.07, 6.45) is 0.647. The van der Waals surface area contributed by atoms with Gasteiger partial charge >= 0.3 is 5.97 Å². The lowest BCUT2D eigenvalue weighted by Gasteiger charge is -2.06. The van der Waals surface area contributed by atoms with Crippen LogP contribution in [0.25, 0.3) is 0 Å². The topological polar surface area (TPSA) is 91.4 Å². The number of nitrogens with one attached hydrogen (secondary N) is 2. The van der Waals surface area contributed by atoms with Crippen LogP contribution in [0.1, 0.15) is 26.5 Å². The number of hydrogen-bond donors (Lipinski definition) is 3. The molecule has 2 rings (SSSR count). The Balaban J connectivity index is 2.06. The minimum Gasteiger partial charge on any atom is -0.491 e. The monoisotopic (exact) mass is 366 g/mol. The second-order valence-electron chi connectivity index (χ2n) is 4.53. The molecule has 0 saturated carbocycles. The van der Waals surface area contributed by atoms with Crippen LogP contribution < -0.4 is 10.1 Å². The van der Waals surface area contributed by atoms with E-state index in [-0.39, 0.29) is 17.1 Å². The molecule has 0 spiro atoms. The standard InChI is InChI=1S/C15H15BrN2O4/c1-17-14(19)13-12(8-11(18-13)15(20)21)22-7-6-9-2-4-10(16)5-3-9/h2-5,8,18H,6-7H2,1H3,(H,17,19)(H,20,21). The van der Waals surface area contributed by atoms with Crippen molar-refractivity contribution in [2.24, 2.45) is 0 Å². The molecule has 0 bridgehead atoms. The van der Waals surface area contributed by atoms with Crippen molar-refractivity contribution in [3.05, 3.63) is 51.8 Å². The Kier molecular flexibility index (Phi) is 5.21. The molecule has 1 heterocycles. The van der Waals surface area contributed by atoms with Gasteiger partial charge in [0.05, 0.1) is 6.61 Å². The maximum Gasteiger partial charge on any atom is 0.352 e. The van der Waals surface area contributed by atoms with Gasteiger partial charge in [-0.05, 0) is 17.7 Å². The highest BCUT2D eigenvalue weighted by atomic mass is 79.9. The first-order chi connectivity index (χ1) is 10.5. The molecule has 7 heteroatoms. The van der Waals surface area contributed by atoms with Crippen LogP contribution in [0.5, 0.6) is 5.75 Å². The molecule has 0 aliphatic rings. The molecule has 3 N–H and O–H groups in total. The number of halogens is 1. The summed E-state index contributed by atoms with van der Waals surface area (Å²) < 4.78 is 6.55. The molecule has 0 saturated heterocycles. The smallest absolute Gasteiger partial charge is 0.352 e. The summed E-state index contributed by atoms with van der Waals surface area (Å²) in [6.45, 7) is 0.336. The number of ether oxygens (including phenoxy) is 1. The molecule has 0 radical (unpaired) electrons. The third-order valence-corrected chi connectivity index (χ3v) is 3.56. The van der Waals surface area contributed by atoms with Crippen LogP contribution in [0.3, 0.4) is 0 Å². The average Bonchev–Trinajstić information content (AvgIpc) is 2.93. The third kappa shape index (κ3) is 3.88. The zero-order valence-corrected chi connectivity index (χ0v) is 13.4. The number of aromatic carboxylic acids is 1. The maximum absolute atomic E-state index is 11.7. The van der Waals surface area contributed by atoms with Crippen LogP contribution >= 0.6 is 15.9 Å². The number of amides is 1. The number of hydrogen-bond acceptors (Lipinski definition) is 3. The highest BCUT2D eigenvalue weighted by molar-refractivity contribution is 9.10. The van der Waals surface area contributed by atoms with Crippen LogP contribution in [0.2, 0.25) is 0 Å². The number of carbonyl (C=O) groups is 2. The van der Waals surface area contributed by atoms with E-state index in [0.717, 1.165) is 10.0 Å². The van der Waals surface area contributed by atoms with Gasteiger partial charge in [0.15, 0.2) is 5.75 Å². The van der Waals surface area contributed by atoms with Gasteiger partial charge in [0.25, 0.3) is 5.91 Å². The van der Waals surface area contributed by atoms with Gasteiger partial charge in [0.1, 0.15) is 11.4 Å². The minimum absolute atomic E-state index is 0.0859. The van der Waals surface area contributed by atoms with Crippen molar-refractivity contribution < 1.29 is 19.4 Å². The van der Waals surface area contributed by atoms with E-state index in [4.69, 9.17) is 9.84 Å². The lowest BCUT2D eigenvalue weighted by Crippen LogP contribution is -2.19. The van der Waals surface area contributed by atoms with Crippen molar-refractivity contribution in [1.29, 1.82) is 0 Å². The van der Waals surface area contributed by atoms with Crippen molar-refractivity contribution >= 4 is 27.8 Å². The van der Waals surface area contributed by atoms with Crippen molar-refractivity contribution in [1.82, 2.24) is 10.3 Å². The summed E-state index contributed by atoms with van der Waals surface area (Å²) >= 11 is 3.36. The zero-order chi connectivity index (χ0) is 16.1. The molecular weight excluding hydrogens is 352 g/mol. The molecule has 116 valence electrons. The number of aromatic amines is 1. The van der Waals surface area contributed by atoms with Crippen LogP contribution in [0, 0.1) is 0 Å².